The summed E-state index contributed by atoms with van der Waals surface area (Å²) < 4.78 is 20.8. The van der Waals surface area contributed by atoms with Gasteiger partial charge in [0.15, 0.2) is 0 Å². The smallest absolute Gasteiger partial charge is 0.469 e. The minimum absolute atomic E-state index is 0.325. The first-order valence-corrected chi connectivity index (χ1v) is 9.73. The van der Waals surface area contributed by atoms with Gasteiger partial charge in [0.1, 0.15) is 5.75 Å². The Kier molecular flexibility index (Phi) is 9.35. The maximum absolute atomic E-state index is 10.8. The highest BCUT2D eigenvalue weighted by molar-refractivity contribution is 7.46. The molecule has 1 aromatic rings. The van der Waals surface area contributed by atoms with Gasteiger partial charge in [-0.15, -0.1) is 6.58 Å². The van der Waals surface area contributed by atoms with Gasteiger partial charge in [-0.25, -0.2) is 4.57 Å². The SMILES string of the molecule is C=CCCCCOc1ccc(CCC(N)(CO)COP(=O)(O)O)cc1. The molecule has 25 heavy (non-hydrogen) atoms. The summed E-state index contributed by atoms with van der Waals surface area (Å²) in [5.41, 5.74) is 5.72. The maximum atomic E-state index is 10.8. The molecule has 0 heterocycles. The molecule has 142 valence electrons. The minimum Gasteiger partial charge on any atom is -0.494 e. The van der Waals surface area contributed by atoms with Crippen molar-refractivity contribution in [2.24, 2.45) is 5.73 Å². The van der Waals surface area contributed by atoms with Crippen molar-refractivity contribution in [3.63, 3.8) is 0 Å². The number of hydrogen-bond acceptors (Lipinski definition) is 5. The Balaban J connectivity index is 2.43. The first-order valence-electron chi connectivity index (χ1n) is 8.20. The van der Waals surface area contributed by atoms with Crippen molar-refractivity contribution in [3.8, 4) is 5.75 Å². The number of ether oxygens (including phenoxy) is 1. The van der Waals surface area contributed by atoms with Crippen LogP contribution in [0.4, 0.5) is 0 Å². The van der Waals surface area contributed by atoms with Gasteiger partial charge >= 0.3 is 7.82 Å². The van der Waals surface area contributed by atoms with Crippen LogP contribution in [0.1, 0.15) is 31.2 Å². The van der Waals surface area contributed by atoms with Gasteiger partial charge in [-0.3, -0.25) is 4.52 Å². The number of nitrogens with two attached hydrogens (primary N) is 1. The number of phosphoric ester groups is 1. The molecular weight excluding hydrogens is 345 g/mol. The number of unbranched alkanes of at least 4 members (excludes halogenated alkanes) is 2. The molecule has 0 amide bonds. The van der Waals surface area contributed by atoms with E-state index in [9.17, 15) is 9.67 Å². The van der Waals surface area contributed by atoms with Gasteiger partial charge in [-0.1, -0.05) is 18.2 Å². The molecule has 1 unspecified atom stereocenters. The largest absolute Gasteiger partial charge is 0.494 e. The summed E-state index contributed by atoms with van der Waals surface area (Å²) in [6.45, 7) is 3.49. The van der Waals surface area contributed by atoms with E-state index in [1.807, 2.05) is 30.3 Å². The van der Waals surface area contributed by atoms with Gasteiger partial charge in [-0.2, -0.15) is 0 Å². The third-order valence-electron chi connectivity index (χ3n) is 3.74. The van der Waals surface area contributed by atoms with E-state index in [0.29, 0.717) is 19.4 Å². The van der Waals surface area contributed by atoms with Crippen LogP contribution in [0, 0.1) is 0 Å². The molecule has 0 aromatic heterocycles. The molecule has 0 saturated carbocycles. The Hall–Kier alpha value is -1.21. The third kappa shape index (κ3) is 9.75. The van der Waals surface area contributed by atoms with Crippen LogP contribution in [0.5, 0.6) is 5.75 Å². The van der Waals surface area contributed by atoms with Crippen molar-refractivity contribution in [1.82, 2.24) is 0 Å². The first kappa shape index (κ1) is 21.8. The predicted molar refractivity (Wildman–Crippen MR) is 96.3 cm³/mol. The van der Waals surface area contributed by atoms with E-state index in [1.165, 1.54) is 0 Å². The number of aliphatic hydroxyl groups excluding tert-OH is 1. The number of hydrogen-bond donors (Lipinski definition) is 4. The lowest BCUT2D eigenvalue weighted by Gasteiger charge is -2.27. The molecule has 1 rings (SSSR count). The maximum Gasteiger partial charge on any atom is 0.469 e. The molecule has 0 aliphatic rings. The van der Waals surface area contributed by atoms with Crippen molar-refractivity contribution in [3.05, 3.63) is 42.5 Å². The van der Waals surface area contributed by atoms with Crippen LogP contribution in [-0.4, -0.2) is 40.3 Å². The van der Waals surface area contributed by atoms with Crippen molar-refractivity contribution < 1.29 is 28.7 Å². The van der Waals surface area contributed by atoms with E-state index in [4.69, 9.17) is 20.3 Å². The van der Waals surface area contributed by atoms with E-state index >= 15 is 0 Å². The second-order valence-electron chi connectivity index (χ2n) is 6.06. The van der Waals surface area contributed by atoms with Crippen LogP contribution < -0.4 is 10.5 Å². The summed E-state index contributed by atoms with van der Waals surface area (Å²) >= 11 is 0. The zero-order valence-electron chi connectivity index (χ0n) is 14.3. The molecule has 1 aromatic carbocycles. The lowest BCUT2D eigenvalue weighted by atomic mass is 9.94. The van der Waals surface area contributed by atoms with E-state index < -0.39 is 26.6 Å². The zero-order chi connectivity index (χ0) is 18.8. The molecule has 0 fully saturated rings. The highest BCUT2D eigenvalue weighted by Crippen LogP contribution is 2.36. The van der Waals surface area contributed by atoms with Crippen molar-refractivity contribution >= 4 is 7.82 Å². The van der Waals surface area contributed by atoms with Crippen LogP contribution in [0.2, 0.25) is 0 Å². The summed E-state index contributed by atoms with van der Waals surface area (Å²) in [5.74, 6) is 0.786. The van der Waals surface area contributed by atoms with E-state index in [2.05, 4.69) is 11.1 Å². The monoisotopic (exact) mass is 373 g/mol. The lowest BCUT2D eigenvalue weighted by Crippen LogP contribution is -2.48. The Morgan fingerprint density at radius 2 is 1.92 bits per heavy atom. The number of benzene rings is 1. The number of aryl methyl sites for hydroxylation is 1. The van der Waals surface area contributed by atoms with Crippen LogP contribution in [0.15, 0.2) is 36.9 Å². The second kappa shape index (κ2) is 10.7. The first-order chi connectivity index (χ1) is 11.8. The number of phosphoric acid groups is 1. The standard InChI is InChI=1S/C17H28NO6P/c1-2-3-4-5-12-23-16-8-6-15(7-9-16)10-11-17(18,13-19)14-24-25(20,21)22/h2,6-9,19H,1,3-5,10-14,18H2,(H2,20,21,22). The fourth-order valence-corrected chi connectivity index (χ4v) is 2.56. The van der Waals surface area contributed by atoms with Crippen molar-refractivity contribution in [2.75, 3.05) is 19.8 Å². The molecule has 5 N–H and O–H groups in total. The second-order valence-corrected chi connectivity index (χ2v) is 7.30. The number of allylic oxidation sites excluding steroid dienone is 1. The molecule has 0 spiro atoms. The molecule has 0 saturated heterocycles. The molecule has 0 aliphatic carbocycles. The summed E-state index contributed by atoms with van der Waals surface area (Å²) in [6, 6.07) is 7.54. The average Bonchev–Trinajstić information content (AvgIpc) is 2.58. The van der Waals surface area contributed by atoms with E-state index in [0.717, 1.165) is 30.6 Å². The Bertz CT molecular complexity index is 559. The third-order valence-corrected chi connectivity index (χ3v) is 4.21. The molecule has 0 radical (unpaired) electrons. The zero-order valence-corrected chi connectivity index (χ0v) is 15.2. The normalized spacial score (nSPS) is 14.1. The Morgan fingerprint density at radius 3 is 2.48 bits per heavy atom. The quantitative estimate of drug-likeness (QED) is 0.237. The highest BCUT2D eigenvalue weighted by atomic mass is 31.2. The van der Waals surface area contributed by atoms with Crippen molar-refractivity contribution in [1.29, 1.82) is 0 Å². The molecule has 7 nitrogen and oxygen atoms in total. The summed E-state index contributed by atoms with van der Waals surface area (Å²) in [7, 11) is -4.61. The molecule has 8 heteroatoms. The molecule has 0 aliphatic heterocycles. The van der Waals surface area contributed by atoms with Crippen LogP contribution in [0.3, 0.4) is 0 Å². The number of aliphatic hydroxyl groups is 1. The van der Waals surface area contributed by atoms with Gasteiger partial charge in [0.05, 0.1) is 25.4 Å². The molecular formula is C17H28NO6P. The van der Waals surface area contributed by atoms with Gasteiger partial charge < -0.3 is 25.4 Å². The summed E-state index contributed by atoms with van der Waals surface area (Å²) in [5, 5.41) is 9.38. The lowest BCUT2D eigenvalue weighted by molar-refractivity contribution is 0.102. The van der Waals surface area contributed by atoms with Crippen LogP contribution >= 0.6 is 7.82 Å². The number of rotatable bonds is 13. The van der Waals surface area contributed by atoms with E-state index in [1.54, 1.807) is 0 Å². The van der Waals surface area contributed by atoms with Gasteiger partial charge in [0.2, 0.25) is 0 Å². The Morgan fingerprint density at radius 1 is 1.24 bits per heavy atom. The van der Waals surface area contributed by atoms with Crippen LogP contribution in [-0.2, 0) is 15.5 Å². The fourth-order valence-electron chi connectivity index (χ4n) is 2.14. The van der Waals surface area contributed by atoms with Crippen LogP contribution in [0.25, 0.3) is 0 Å². The van der Waals surface area contributed by atoms with Gasteiger partial charge in [0, 0.05) is 0 Å². The highest BCUT2D eigenvalue weighted by Gasteiger charge is 2.28. The predicted octanol–water partition coefficient (Wildman–Crippen LogP) is 2.15. The van der Waals surface area contributed by atoms with E-state index in [-0.39, 0.29) is 0 Å². The fraction of sp³-hybridized carbons (Fsp3) is 0.529. The van der Waals surface area contributed by atoms with Gasteiger partial charge in [-0.05, 0) is 49.8 Å². The summed E-state index contributed by atoms with van der Waals surface area (Å²) in [6.07, 6.45) is 5.77. The minimum atomic E-state index is -4.61. The topological polar surface area (TPSA) is 122 Å². The van der Waals surface area contributed by atoms with Gasteiger partial charge in [0.25, 0.3) is 0 Å². The Labute approximate surface area is 148 Å². The summed E-state index contributed by atoms with van der Waals surface area (Å²) in [4.78, 5) is 17.5. The van der Waals surface area contributed by atoms with Crippen molar-refractivity contribution in [2.45, 2.75) is 37.6 Å². The molecule has 1 atom stereocenters. The average molecular weight is 373 g/mol. The molecule has 0 bridgehead atoms.